The van der Waals surface area contributed by atoms with Crippen LogP contribution in [-0.2, 0) is 25.3 Å². The number of anilines is 1. The lowest BCUT2D eigenvalue weighted by atomic mass is 10.1. The van der Waals surface area contributed by atoms with Crippen LogP contribution in [0.2, 0.25) is 0 Å². The van der Waals surface area contributed by atoms with E-state index in [2.05, 4.69) is 20.6 Å². The van der Waals surface area contributed by atoms with Crippen molar-refractivity contribution in [3.05, 3.63) is 64.3 Å². The summed E-state index contributed by atoms with van der Waals surface area (Å²) in [5, 5.41) is 37.3. The van der Waals surface area contributed by atoms with Gasteiger partial charge in [0.25, 0.3) is 5.56 Å². The first-order valence-electron chi connectivity index (χ1n) is 12.6. The van der Waals surface area contributed by atoms with Crippen molar-refractivity contribution in [3.8, 4) is 11.5 Å². The highest BCUT2D eigenvalue weighted by Crippen LogP contribution is 2.27. The van der Waals surface area contributed by atoms with E-state index in [4.69, 9.17) is 0 Å². The van der Waals surface area contributed by atoms with E-state index in [9.17, 15) is 19.8 Å². The Balaban J connectivity index is 1.17. The zero-order valence-corrected chi connectivity index (χ0v) is 22.4. The topological polar surface area (TPSA) is 135 Å². The Labute approximate surface area is 224 Å². The minimum Gasteiger partial charge on any atom is -0.508 e. The van der Waals surface area contributed by atoms with Crippen LogP contribution in [-0.4, -0.2) is 46.4 Å². The van der Waals surface area contributed by atoms with Gasteiger partial charge in [-0.3, -0.25) is 9.59 Å². The Morgan fingerprint density at radius 1 is 0.974 bits per heavy atom. The van der Waals surface area contributed by atoms with Gasteiger partial charge in [-0.15, -0.1) is 10.2 Å². The van der Waals surface area contributed by atoms with Crippen molar-refractivity contribution in [2.45, 2.75) is 50.1 Å². The lowest BCUT2D eigenvalue weighted by molar-refractivity contribution is -0.116. The summed E-state index contributed by atoms with van der Waals surface area (Å²) in [6, 6.07) is 11.6. The standard InChI is InChI=1S/C27H32N6O4S/c1-32-24(17-22-19-10-7-8-11-20(19)26(37)33(2)31-22)29-30-27(32)38-15-9-5-3-4-6-12-25(36)28-21-14-13-18(34)16-23(21)35/h7-8,10-11,13-14,16,34-35H,3-6,9,12,15,17H2,1-2H3,(H,28,36). The normalized spacial score (nSPS) is 11.2. The minimum atomic E-state index is -0.152. The lowest BCUT2D eigenvalue weighted by Crippen LogP contribution is -2.21. The van der Waals surface area contributed by atoms with Crippen LogP contribution in [0.15, 0.2) is 52.4 Å². The van der Waals surface area contributed by atoms with Crippen LogP contribution in [0.5, 0.6) is 11.5 Å². The average Bonchev–Trinajstić information content (AvgIpc) is 3.24. The molecule has 0 aliphatic carbocycles. The van der Waals surface area contributed by atoms with E-state index in [1.165, 1.54) is 22.9 Å². The molecule has 4 rings (SSSR count). The number of phenols is 2. The Bertz CT molecular complexity index is 1480. The van der Waals surface area contributed by atoms with Crippen molar-refractivity contribution in [2.75, 3.05) is 11.1 Å². The molecule has 0 spiro atoms. The van der Waals surface area contributed by atoms with E-state index in [-0.39, 0.29) is 23.0 Å². The van der Waals surface area contributed by atoms with Gasteiger partial charge in [0, 0.05) is 37.7 Å². The number of rotatable bonds is 12. The largest absolute Gasteiger partial charge is 0.508 e. The second kappa shape index (κ2) is 12.6. The molecule has 0 aliphatic rings. The molecule has 4 aromatic rings. The fourth-order valence-electron chi connectivity index (χ4n) is 4.20. The molecule has 2 aromatic carbocycles. The van der Waals surface area contributed by atoms with Crippen LogP contribution in [0, 0.1) is 0 Å². The summed E-state index contributed by atoms with van der Waals surface area (Å²) < 4.78 is 3.35. The number of nitrogens with one attached hydrogen (secondary N) is 1. The molecule has 0 saturated heterocycles. The quantitative estimate of drug-likeness (QED) is 0.106. The Morgan fingerprint density at radius 2 is 1.71 bits per heavy atom. The highest BCUT2D eigenvalue weighted by atomic mass is 32.2. The minimum absolute atomic E-state index is 0.0504. The number of aromatic hydroxyl groups is 2. The number of benzene rings is 2. The Morgan fingerprint density at radius 3 is 2.50 bits per heavy atom. The molecule has 0 unspecified atom stereocenters. The van der Waals surface area contributed by atoms with Crippen LogP contribution in [0.3, 0.4) is 0 Å². The maximum Gasteiger partial charge on any atom is 0.274 e. The Hall–Kier alpha value is -3.86. The van der Waals surface area contributed by atoms with Crippen molar-refractivity contribution >= 4 is 34.1 Å². The molecule has 1 amide bonds. The van der Waals surface area contributed by atoms with E-state index in [0.29, 0.717) is 23.9 Å². The van der Waals surface area contributed by atoms with E-state index in [1.54, 1.807) is 18.8 Å². The molecule has 2 heterocycles. The highest BCUT2D eigenvalue weighted by molar-refractivity contribution is 7.99. The third kappa shape index (κ3) is 6.71. The molecule has 11 heteroatoms. The molecule has 0 radical (unpaired) electrons. The summed E-state index contributed by atoms with van der Waals surface area (Å²) in [7, 11) is 3.61. The number of unbranched alkanes of at least 4 members (excludes halogenated alkanes) is 4. The number of phenolic OH excluding ortho intramolecular Hbond substituents is 2. The van der Waals surface area contributed by atoms with E-state index in [1.807, 2.05) is 35.9 Å². The van der Waals surface area contributed by atoms with Crippen molar-refractivity contribution in [3.63, 3.8) is 0 Å². The molecule has 3 N–H and O–H groups in total. The SMILES string of the molecule is Cn1c(Cc2nn(C)c(=O)c3ccccc23)nnc1SCCCCCCCC(=O)Nc1ccc(O)cc1O. The fraction of sp³-hybridized carbons (Fsp3) is 0.370. The number of carbonyl (C=O) groups excluding carboxylic acids is 1. The van der Waals surface area contributed by atoms with Gasteiger partial charge in [-0.1, -0.05) is 49.2 Å². The van der Waals surface area contributed by atoms with Gasteiger partial charge < -0.3 is 20.1 Å². The fourth-order valence-corrected chi connectivity index (χ4v) is 5.13. The molecule has 10 nitrogen and oxygen atoms in total. The van der Waals surface area contributed by atoms with Gasteiger partial charge in [0.05, 0.1) is 23.2 Å². The maximum absolute atomic E-state index is 12.4. The lowest BCUT2D eigenvalue weighted by Gasteiger charge is -2.08. The molecule has 200 valence electrons. The van der Waals surface area contributed by atoms with Crippen LogP contribution in [0.1, 0.15) is 50.0 Å². The molecule has 0 saturated carbocycles. The zero-order chi connectivity index (χ0) is 27.1. The third-order valence-electron chi connectivity index (χ3n) is 6.32. The molecule has 0 aliphatic heterocycles. The van der Waals surface area contributed by atoms with Crippen molar-refractivity contribution in [1.29, 1.82) is 0 Å². The molecule has 0 atom stereocenters. The number of hydrogen-bond acceptors (Lipinski definition) is 8. The Kier molecular flexibility index (Phi) is 9.01. The predicted octanol–water partition coefficient (Wildman–Crippen LogP) is 4.14. The second-order valence-corrected chi connectivity index (χ2v) is 10.2. The van der Waals surface area contributed by atoms with Gasteiger partial charge in [-0.05, 0) is 31.0 Å². The number of hydrogen-bond donors (Lipinski definition) is 3. The molecule has 0 bridgehead atoms. The smallest absolute Gasteiger partial charge is 0.274 e. The summed E-state index contributed by atoms with van der Waals surface area (Å²) in [5.74, 6) is 1.37. The molecule has 2 aromatic heterocycles. The number of fused-ring (bicyclic) bond motifs is 1. The van der Waals surface area contributed by atoms with Gasteiger partial charge in [0.2, 0.25) is 5.91 Å². The number of carbonyl (C=O) groups is 1. The second-order valence-electron chi connectivity index (χ2n) is 9.17. The zero-order valence-electron chi connectivity index (χ0n) is 21.6. The van der Waals surface area contributed by atoms with Crippen LogP contribution < -0.4 is 10.9 Å². The number of amides is 1. The van der Waals surface area contributed by atoms with E-state index in [0.717, 1.165) is 59.9 Å². The van der Waals surface area contributed by atoms with Crippen LogP contribution in [0.4, 0.5) is 5.69 Å². The van der Waals surface area contributed by atoms with E-state index >= 15 is 0 Å². The number of nitrogens with zero attached hydrogens (tertiary/aromatic N) is 5. The van der Waals surface area contributed by atoms with Crippen molar-refractivity contribution in [2.24, 2.45) is 14.1 Å². The van der Waals surface area contributed by atoms with Gasteiger partial charge >= 0.3 is 0 Å². The third-order valence-corrected chi connectivity index (χ3v) is 7.42. The summed E-state index contributed by atoms with van der Waals surface area (Å²) in [5.41, 5.74) is 0.982. The van der Waals surface area contributed by atoms with E-state index < -0.39 is 0 Å². The summed E-state index contributed by atoms with van der Waals surface area (Å²) in [6.07, 6.45) is 5.73. The first kappa shape index (κ1) is 27.2. The maximum atomic E-state index is 12.4. The van der Waals surface area contributed by atoms with Crippen LogP contribution >= 0.6 is 11.8 Å². The van der Waals surface area contributed by atoms with Gasteiger partial charge in [0.1, 0.15) is 17.3 Å². The predicted molar refractivity (Wildman–Crippen MR) is 148 cm³/mol. The van der Waals surface area contributed by atoms with Gasteiger partial charge in [-0.2, -0.15) is 5.10 Å². The van der Waals surface area contributed by atoms with Gasteiger partial charge in [-0.25, -0.2) is 4.68 Å². The number of thioether (sulfide) groups is 1. The number of aryl methyl sites for hydroxylation is 1. The van der Waals surface area contributed by atoms with Crippen LogP contribution in [0.25, 0.3) is 10.8 Å². The van der Waals surface area contributed by atoms with Gasteiger partial charge in [0.15, 0.2) is 5.16 Å². The summed E-state index contributed by atoms with van der Waals surface area (Å²) in [6.45, 7) is 0. The summed E-state index contributed by atoms with van der Waals surface area (Å²) in [4.78, 5) is 24.4. The van der Waals surface area contributed by atoms with Crippen molar-refractivity contribution in [1.82, 2.24) is 24.5 Å². The first-order valence-corrected chi connectivity index (χ1v) is 13.6. The van der Waals surface area contributed by atoms with Crippen molar-refractivity contribution < 1.29 is 15.0 Å². The number of aromatic nitrogens is 5. The molecular formula is C27H32N6O4S. The molecular weight excluding hydrogens is 504 g/mol. The average molecular weight is 537 g/mol. The molecule has 38 heavy (non-hydrogen) atoms. The highest BCUT2D eigenvalue weighted by Gasteiger charge is 2.14. The summed E-state index contributed by atoms with van der Waals surface area (Å²) >= 11 is 1.67. The molecule has 0 fully saturated rings. The first-order chi connectivity index (χ1) is 18.3. The monoisotopic (exact) mass is 536 g/mol.